The fourth-order valence-corrected chi connectivity index (χ4v) is 4.04. The minimum atomic E-state index is 0.212. The van der Waals surface area contributed by atoms with Gasteiger partial charge in [-0.3, -0.25) is 0 Å². The molecule has 164 valence electrons. The van der Waals surface area contributed by atoms with Gasteiger partial charge in [0.1, 0.15) is 11.4 Å². The summed E-state index contributed by atoms with van der Waals surface area (Å²) in [5, 5.41) is 21.8. The van der Waals surface area contributed by atoms with Gasteiger partial charge in [0.05, 0.1) is 18.9 Å². The number of ether oxygens (including phenoxy) is 1. The zero-order chi connectivity index (χ0) is 22.1. The Morgan fingerprint density at radius 1 is 1.09 bits per heavy atom. The third kappa shape index (κ3) is 3.60. The first-order valence-electron chi connectivity index (χ1n) is 10.7. The Morgan fingerprint density at radius 3 is 2.59 bits per heavy atom. The summed E-state index contributed by atoms with van der Waals surface area (Å²) in [6.07, 6.45) is 1.66. The average molecular weight is 432 g/mol. The van der Waals surface area contributed by atoms with Gasteiger partial charge < -0.3 is 25.0 Å². The first-order chi connectivity index (χ1) is 15.7. The molecule has 1 fully saturated rings. The van der Waals surface area contributed by atoms with E-state index in [1.807, 2.05) is 48.2 Å². The third-order valence-corrected chi connectivity index (χ3v) is 5.60. The number of anilines is 3. The number of benzene rings is 1. The van der Waals surface area contributed by atoms with E-state index >= 15 is 0 Å². The lowest BCUT2D eigenvalue weighted by Crippen LogP contribution is -2.37. The quantitative estimate of drug-likeness (QED) is 0.602. The van der Waals surface area contributed by atoms with Crippen molar-refractivity contribution in [3.05, 3.63) is 54.2 Å². The summed E-state index contributed by atoms with van der Waals surface area (Å²) in [6, 6.07) is 11.8. The van der Waals surface area contributed by atoms with Crippen LogP contribution >= 0.6 is 0 Å². The van der Waals surface area contributed by atoms with E-state index in [2.05, 4.69) is 20.4 Å². The number of rotatable bonds is 4. The molecule has 0 unspecified atom stereocenters. The van der Waals surface area contributed by atoms with Crippen molar-refractivity contribution in [2.24, 2.45) is 0 Å². The van der Waals surface area contributed by atoms with Crippen LogP contribution in [0.1, 0.15) is 13.8 Å². The summed E-state index contributed by atoms with van der Waals surface area (Å²) in [7, 11) is 0. The second kappa shape index (κ2) is 8.43. The van der Waals surface area contributed by atoms with Gasteiger partial charge in [0, 0.05) is 37.0 Å². The van der Waals surface area contributed by atoms with Gasteiger partial charge in [0.2, 0.25) is 0 Å². The molecule has 5 rings (SSSR count). The number of aromatic nitrogens is 4. The molecule has 2 N–H and O–H groups in total. The summed E-state index contributed by atoms with van der Waals surface area (Å²) < 4.78 is 5.54. The fourth-order valence-electron chi connectivity index (χ4n) is 4.04. The number of allylic oxidation sites excluding steroid dienone is 1. The molecule has 4 heterocycles. The number of nitrogens with one attached hydrogen (secondary N) is 1. The smallest absolute Gasteiger partial charge is 0.164 e. The van der Waals surface area contributed by atoms with E-state index in [0.29, 0.717) is 31.4 Å². The van der Waals surface area contributed by atoms with Crippen LogP contribution < -0.4 is 15.1 Å². The summed E-state index contributed by atoms with van der Waals surface area (Å²) in [5.41, 5.74) is 3.44. The molecule has 0 radical (unpaired) electrons. The van der Waals surface area contributed by atoms with Crippen LogP contribution in [0.5, 0.6) is 0 Å². The van der Waals surface area contributed by atoms with Crippen molar-refractivity contribution in [3.8, 4) is 22.6 Å². The number of nitrogens with zero attached hydrogens (tertiary/aromatic N) is 6. The van der Waals surface area contributed by atoms with E-state index in [1.54, 1.807) is 13.1 Å². The number of morpholine rings is 1. The number of hydrogen-bond donors (Lipinski definition) is 2. The lowest BCUT2D eigenvalue weighted by molar-refractivity contribution is 0.122. The molecule has 0 aliphatic carbocycles. The third-order valence-electron chi connectivity index (χ3n) is 5.60. The number of aliphatic hydroxyl groups is 1. The zero-order valence-corrected chi connectivity index (χ0v) is 18.1. The van der Waals surface area contributed by atoms with Crippen LogP contribution in [-0.4, -0.2) is 58.1 Å². The highest BCUT2D eigenvalue weighted by atomic mass is 16.5. The highest BCUT2D eigenvalue weighted by molar-refractivity contribution is 5.88. The lowest BCUT2D eigenvalue weighted by atomic mass is 10.1. The fraction of sp³-hybridized carbons (Fsp3) is 0.304. The van der Waals surface area contributed by atoms with Crippen LogP contribution in [0, 0.1) is 0 Å². The van der Waals surface area contributed by atoms with Crippen molar-refractivity contribution in [1.82, 2.24) is 20.2 Å². The Bertz CT molecular complexity index is 1160. The van der Waals surface area contributed by atoms with Gasteiger partial charge in [-0.15, -0.1) is 0 Å². The van der Waals surface area contributed by atoms with Crippen LogP contribution in [0.3, 0.4) is 0 Å². The largest absolute Gasteiger partial charge is 0.509 e. The zero-order valence-electron chi connectivity index (χ0n) is 18.1. The maximum absolute atomic E-state index is 10.3. The highest BCUT2D eigenvalue weighted by Gasteiger charge is 2.32. The van der Waals surface area contributed by atoms with Crippen molar-refractivity contribution in [2.45, 2.75) is 13.8 Å². The summed E-state index contributed by atoms with van der Waals surface area (Å²) >= 11 is 0. The van der Waals surface area contributed by atoms with Gasteiger partial charge in [0.15, 0.2) is 23.3 Å². The summed E-state index contributed by atoms with van der Waals surface area (Å²) in [5.74, 6) is 3.04. The minimum Gasteiger partial charge on any atom is -0.509 e. The molecular weight excluding hydrogens is 406 g/mol. The van der Waals surface area contributed by atoms with E-state index < -0.39 is 0 Å². The first-order valence-corrected chi connectivity index (χ1v) is 10.7. The highest BCUT2D eigenvalue weighted by Crippen LogP contribution is 2.43. The van der Waals surface area contributed by atoms with Crippen molar-refractivity contribution in [2.75, 3.05) is 48.0 Å². The maximum atomic E-state index is 10.3. The molecule has 0 spiro atoms. The van der Waals surface area contributed by atoms with Crippen molar-refractivity contribution >= 4 is 17.3 Å². The normalized spacial score (nSPS) is 17.2. The molecular formula is C23H25N7O2. The second-order valence-electron chi connectivity index (χ2n) is 7.66. The van der Waals surface area contributed by atoms with Crippen molar-refractivity contribution < 1.29 is 9.84 Å². The molecule has 2 aromatic heterocycles. The van der Waals surface area contributed by atoms with Gasteiger partial charge in [-0.05, 0) is 32.0 Å². The Hall–Kier alpha value is -3.72. The maximum Gasteiger partial charge on any atom is 0.164 e. The van der Waals surface area contributed by atoms with Gasteiger partial charge in [-0.1, -0.05) is 18.2 Å². The molecule has 0 bridgehead atoms. The van der Waals surface area contributed by atoms with E-state index in [4.69, 9.17) is 14.7 Å². The molecule has 0 amide bonds. The molecule has 2 aliphatic rings. The molecule has 0 atom stereocenters. The first kappa shape index (κ1) is 20.2. The van der Waals surface area contributed by atoms with Crippen LogP contribution in [-0.2, 0) is 4.74 Å². The molecule has 3 aromatic rings. The molecule has 32 heavy (non-hydrogen) atoms. The van der Waals surface area contributed by atoms with E-state index in [9.17, 15) is 5.11 Å². The second-order valence-corrected chi connectivity index (χ2v) is 7.66. The van der Waals surface area contributed by atoms with E-state index in [0.717, 1.165) is 47.2 Å². The van der Waals surface area contributed by atoms with Gasteiger partial charge in [0.25, 0.3) is 0 Å². The Balaban J connectivity index is 1.65. The molecule has 1 saturated heterocycles. The van der Waals surface area contributed by atoms with Crippen molar-refractivity contribution in [1.29, 1.82) is 0 Å². The van der Waals surface area contributed by atoms with Gasteiger partial charge in [-0.2, -0.15) is 10.2 Å². The standard InChI is InChI=1S/C23H25N7O2/c1-3-30-21(15(2)31)25-19-22(29-10-12-32-13-11-29)26-20(27-23(19)30)17-7-4-6-16(14-17)18-8-5-9-24-28-18/h4-9,14,25,31H,3,10-13H2,1-2H3. The number of fused-ring (bicyclic) bond motifs is 1. The molecule has 9 heteroatoms. The molecule has 2 aliphatic heterocycles. The summed E-state index contributed by atoms with van der Waals surface area (Å²) in [6.45, 7) is 7.15. The topological polar surface area (TPSA) is 99.5 Å². The van der Waals surface area contributed by atoms with Crippen LogP contribution in [0.4, 0.5) is 17.3 Å². The Labute approximate surface area is 186 Å². The van der Waals surface area contributed by atoms with E-state index in [1.165, 1.54) is 0 Å². The van der Waals surface area contributed by atoms with Crippen LogP contribution in [0.15, 0.2) is 54.2 Å². The SMILES string of the molecule is CCN1C(=C(C)O)Nc2c(N3CCOCC3)nc(-c3cccc(-c4cccnn4)c3)nc21. The number of aliphatic hydroxyl groups excluding tert-OH is 1. The predicted molar refractivity (Wildman–Crippen MR) is 123 cm³/mol. The summed E-state index contributed by atoms with van der Waals surface area (Å²) in [4.78, 5) is 14.1. The Kier molecular flexibility index (Phi) is 5.32. The molecule has 9 nitrogen and oxygen atoms in total. The Morgan fingerprint density at radius 2 is 1.88 bits per heavy atom. The monoisotopic (exact) mass is 431 g/mol. The van der Waals surface area contributed by atoms with Crippen LogP contribution in [0.25, 0.3) is 22.6 Å². The minimum absolute atomic E-state index is 0.212. The van der Waals surface area contributed by atoms with Crippen LogP contribution in [0.2, 0.25) is 0 Å². The molecule has 0 saturated carbocycles. The average Bonchev–Trinajstić information content (AvgIpc) is 3.23. The van der Waals surface area contributed by atoms with Gasteiger partial charge in [-0.25, -0.2) is 9.97 Å². The number of hydrogen-bond acceptors (Lipinski definition) is 9. The van der Waals surface area contributed by atoms with E-state index in [-0.39, 0.29) is 5.76 Å². The molecule has 1 aromatic carbocycles. The lowest BCUT2D eigenvalue weighted by Gasteiger charge is -2.29. The van der Waals surface area contributed by atoms with Crippen molar-refractivity contribution in [3.63, 3.8) is 0 Å². The predicted octanol–water partition coefficient (Wildman–Crippen LogP) is 3.44. The van der Waals surface area contributed by atoms with Gasteiger partial charge >= 0.3 is 0 Å².